The first-order valence-corrected chi connectivity index (χ1v) is 12.3. The molecule has 0 bridgehead atoms. The third-order valence-corrected chi connectivity index (χ3v) is 6.40. The molecule has 168 valence electrons. The highest BCUT2D eigenvalue weighted by molar-refractivity contribution is 7.98. The van der Waals surface area contributed by atoms with Gasteiger partial charge < -0.3 is 10.2 Å². The summed E-state index contributed by atoms with van der Waals surface area (Å²) in [7, 11) is 0. The molecule has 31 heavy (non-hydrogen) atoms. The van der Waals surface area contributed by atoms with Crippen LogP contribution >= 0.6 is 35.0 Å². The molecular formula is C24H30Cl2N2O2S. The van der Waals surface area contributed by atoms with Crippen molar-refractivity contribution in [1.29, 1.82) is 0 Å². The second kappa shape index (κ2) is 13.0. The smallest absolute Gasteiger partial charge is 0.242 e. The molecule has 1 atom stereocenters. The van der Waals surface area contributed by atoms with Gasteiger partial charge in [-0.1, -0.05) is 73.4 Å². The maximum Gasteiger partial charge on any atom is 0.242 e. The van der Waals surface area contributed by atoms with Crippen LogP contribution in [0, 0.1) is 5.92 Å². The highest BCUT2D eigenvalue weighted by Crippen LogP contribution is 2.24. The van der Waals surface area contributed by atoms with Gasteiger partial charge in [0.2, 0.25) is 11.8 Å². The first-order chi connectivity index (χ1) is 14.8. The van der Waals surface area contributed by atoms with Crippen molar-refractivity contribution in [3.05, 3.63) is 69.7 Å². The van der Waals surface area contributed by atoms with Crippen molar-refractivity contribution in [2.45, 2.75) is 45.5 Å². The zero-order chi connectivity index (χ0) is 22.8. The minimum absolute atomic E-state index is 0.0706. The van der Waals surface area contributed by atoms with Gasteiger partial charge in [0, 0.05) is 41.1 Å². The van der Waals surface area contributed by atoms with Crippen LogP contribution in [0.4, 0.5) is 0 Å². The zero-order valence-corrected chi connectivity index (χ0v) is 20.6. The van der Waals surface area contributed by atoms with Crippen LogP contribution in [0.5, 0.6) is 0 Å². The van der Waals surface area contributed by atoms with Crippen LogP contribution in [-0.4, -0.2) is 35.1 Å². The summed E-state index contributed by atoms with van der Waals surface area (Å²) in [5.41, 5.74) is 1.99. The number of benzene rings is 2. The minimum atomic E-state index is -0.600. The maximum atomic E-state index is 13.1. The fourth-order valence-corrected chi connectivity index (χ4v) is 4.30. The predicted molar refractivity (Wildman–Crippen MR) is 132 cm³/mol. The lowest BCUT2D eigenvalue weighted by atomic mass is 10.1. The van der Waals surface area contributed by atoms with Crippen molar-refractivity contribution in [3.63, 3.8) is 0 Å². The van der Waals surface area contributed by atoms with E-state index in [0.29, 0.717) is 34.7 Å². The molecular weight excluding hydrogens is 451 g/mol. The number of amides is 2. The SMILES string of the molecule is CC(C)CNC(=O)[C@@H](C)N(Cc1ccc(Cl)cc1Cl)C(=O)CCSCc1ccccc1. The van der Waals surface area contributed by atoms with Gasteiger partial charge in [-0.3, -0.25) is 9.59 Å². The van der Waals surface area contributed by atoms with Gasteiger partial charge in [0.25, 0.3) is 0 Å². The Morgan fingerprint density at radius 1 is 1.06 bits per heavy atom. The highest BCUT2D eigenvalue weighted by Gasteiger charge is 2.26. The van der Waals surface area contributed by atoms with E-state index in [1.807, 2.05) is 32.0 Å². The molecule has 2 aromatic rings. The monoisotopic (exact) mass is 480 g/mol. The zero-order valence-electron chi connectivity index (χ0n) is 18.2. The van der Waals surface area contributed by atoms with Gasteiger partial charge >= 0.3 is 0 Å². The number of carbonyl (C=O) groups excluding carboxylic acids is 2. The quantitative estimate of drug-likeness (QED) is 0.413. The Balaban J connectivity index is 2.04. The van der Waals surface area contributed by atoms with E-state index in [9.17, 15) is 9.59 Å². The minimum Gasteiger partial charge on any atom is -0.354 e. The summed E-state index contributed by atoms with van der Waals surface area (Å²) in [6, 6.07) is 14.8. The molecule has 0 heterocycles. The average molecular weight is 481 g/mol. The van der Waals surface area contributed by atoms with E-state index in [1.54, 1.807) is 41.8 Å². The first kappa shape index (κ1) is 25.6. The molecule has 0 saturated carbocycles. The molecule has 0 saturated heterocycles. The number of carbonyl (C=O) groups is 2. The van der Waals surface area contributed by atoms with Gasteiger partial charge in [0.05, 0.1) is 0 Å². The molecule has 7 heteroatoms. The van der Waals surface area contributed by atoms with E-state index in [2.05, 4.69) is 17.4 Å². The van der Waals surface area contributed by atoms with Crippen LogP contribution in [0.25, 0.3) is 0 Å². The summed E-state index contributed by atoms with van der Waals surface area (Å²) in [4.78, 5) is 27.4. The summed E-state index contributed by atoms with van der Waals surface area (Å²) in [5, 5.41) is 3.94. The van der Waals surface area contributed by atoms with Crippen molar-refractivity contribution >= 4 is 46.8 Å². The molecule has 2 rings (SSSR count). The van der Waals surface area contributed by atoms with E-state index < -0.39 is 6.04 Å². The molecule has 0 fully saturated rings. The fraction of sp³-hybridized carbons (Fsp3) is 0.417. The predicted octanol–water partition coefficient (Wildman–Crippen LogP) is 5.81. The Labute approximate surface area is 199 Å². The van der Waals surface area contributed by atoms with Crippen LogP contribution in [0.2, 0.25) is 10.0 Å². The lowest BCUT2D eigenvalue weighted by Crippen LogP contribution is -2.48. The lowest BCUT2D eigenvalue weighted by Gasteiger charge is -2.29. The summed E-state index contributed by atoms with van der Waals surface area (Å²) in [6.07, 6.45) is 0.352. The van der Waals surface area contributed by atoms with Gasteiger partial charge in [0.15, 0.2) is 0 Å². The number of nitrogens with zero attached hydrogens (tertiary/aromatic N) is 1. The van der Waals surface area contributed by atoms with E-state index in [0.717, 1.165) is 11.3 Å². The molecule has 0 unspecified atom stereocenters. The summed E-state index contributed by atoms with van der Waals surface area (Å²) >= 11 is 14.0. The topological polar surface area (TPSA) is 49.4 Å². The van der Waals surface area contributed by atoms with Crippen LogP contribution in [0.1, 0.15) is 38.3 Å². The average Bonchev–Trinajstić information content (AvgIpc) is 2.74. The number of rotatable bonds is 11. The molecule has 2 aromatic carbocycles. The highest BCUT2D eigenvalue weighted by atomic mass is 35.5. The Kier molecular flexibility index (Phi) is 10.7. The van der Waals surface area contributed by atoms with E-state index in [-0.39, 0.29) is 18.4 Å². The molecule has 0 aromatic heterocycles. The Morgan fingerprint density at radius 3 is 2.42 bits per heavy atom. The van der Waals surface area contributed by atoms with Gasteiger partial charge in [-0.15, -0.1) is 0 Å². The second-order valence-electron chi connectivity index (χ2n) is 7.86. The van der Waals surface area contributed by atoms with Crippen LogP contribution < -0.4 is 5.32 Å². The molecule has 4 nitrogen and oxygen atoms in total. The van der Waals surface area contributed by atoms with Gasteiger partial charge in [-0.05, 0) is 36.1 Å². The van der Waals surface area contributed by atoms with Crippen molar-refractivity contribution in [1.82, 2.24) is 10.2 Å². The summed E-state index contributed by atoms with van der Waals surface area (Å²) < 4.78 is 0. The third kappa shape index (κ3) is 8.76. The Hall–Kier alpha value is -1.69. The molecule has 0 aliphatic heterocycles. The van der Waals surface area contributed by atoms with Crippen LogP contribution in [-0.2, 0) is 21.9 Å². The van der Waals surface area contributed by atoms with Gasteiger partial charge in [-0.2, -0.15) is 11.8 Å². The molecule has 0 aliphatic rings. The third-order valence-electron chi connectivity index (χ3n) is 4.78. The normalized spacial score (nSPS) is 11.9. The number of halogens is 2. The molecule has 1 N–H and O–H groups in total. The fourth-order valence-electron chi connectivity index (χ4n) is 2.94. The number of hydrogen-bond donors (Lipinski definition) is 1. The van der Waals surface area contributed by atoms with E-state index in [4.69, 9.17) is 23.2 Å². The Morgan fingerprint density at radius 2 is 1.77 bits per heavy atom. The standard InChI is InChI=1S/C24H30Cl2N2O2S/c1-17(2)14-27-24(30)18(3)28(15-20-9-10-21(25)13-22(20)26)23(29)11-12-31-16-19-7-5-4-6-8-19/h4-10,13,17-18H,11-12,14-16H2,1-3H3,(H,27,30)/t18-/m1/s1. The first-order valence-electron chi connectivity index (χ1n) is 10.4. The lowest BCUT2D eigenvalue weighted by molar-refractivity contribution is -0.140. The summed E-state index contributed by atoms with van der Waals surface area (Å²) in [6.45, 7) is 6.65. The molecule has 2 amide bonds. The van der Waals surface area contributed by atoms with Gasteiger partial charge in [-0.25, -0.2) is 0 Å². The van der Waals surface area contributed by atoms with Crippen molar-refractivity contribution in [2.75, 3.05) is 12.3 Å². The van der Waals surface area contributed by atoms with E-state index in [1.165, 1.54) is 5.56 Å². The molecule has 0 radical (unpaired) electrons. The number of nitrogens with one attached hydrogen (secondary N) is 1. The van der Waals surface area contributed by atoms with Crippen molar-refractivity contribution < 1.29 is 9.59 Å². The number of thioether (sulfide) groups is 1. The second-order valence-corrected chi connectivity index (χ2v) is 9.81. The van der Waals surface area contributed by atoms with Crippen LogP contribution in [0.3, 0.4) is 0 Å². The van der Waals surface area contributed by atoms with Crippen molar-refractivity contribution in [2.24, 2.45) is 5.92 Å². The number of hydrogen-bond acceptors (Lipinski definition) is 3. The largest absolute Gasteiger partial charge is 0.354 e. The molecule has 0 spiro atoms. The van der Waals surface area contributed by atoms with Gasteiger partial charge in [0.1, 0.15) is 6.04 Å². The summed E-state index contributed by atoms with van der Waals surface area (Å²) in [5.74, 6) is 1.63. The Bertz CT molecular complexity index is 862. The maximum absolute atomic E-state index is 13.1. The van der Waals surface area contributed by atoms with E-state index >= 15 is 0 Å². The molecule has 0 aliphatic carbocycles. The van der Waals surface area contributed by atoms with Crippen LogP contribution in [0.15, 0.2) is 48.5 Å². The van der Waals surface area contributed by atoms with Crippen molar-refractivity contribution in [3.8, 4) is 0 Å².